The molecule has 1 N–H and O–H groups in total. The van der Waals surface area contributed by atoms with Crippen molar-refractivity contribution in [3.05, 3.63) is 29.3 Å². The van der Waals surface area contributed by atoms with Crippen LogP contribution >= 0.6 is 0 Å². The molecule has 1 aromatic rings. The zero-order valence-electron chi connectivity index (χ0n) is 12.4. The van der Waals surface area contributed by atoms with Gasteiger partial charge in [0, 0.05) is 37.8 Å². The number of ether oxygens (including phenoxy) is 1. The first-order chi connectivity index (χ1) is 10.2. The van der Waals surface area contributed by atoms with Crippen molar-refractivity contribution >= 4 is 0 Å². The van der Waals surface area contributed by atoms with Gasteiger partial charge in [0.1, 0.15) is 5.82 Å². The molecule has 1 aliphatic carbocycles. The van der Waals surface area contributed by atoms with Crippen LogP contribution in [0, 0.1) is 17.6 Å². The highest BCUT2D eigenvalue weighted by Gasteiger charge is 2.34. The van der Waals surface area contributed by atoms with Crippen molar-refractivity contribution in [1.82, 2.24) is 10.2 Å². The minimum Gasteiger partial charge on any atom is -0.494 e. The summed E-state index contributed by atoms with van der Waals surface area (Å²) in [6.45, 7) is 3.39. The fourth-order valence-electron chi connectivity index (χ4n) is 3.13. The molecular weight excluding hydrogens is 274 g/mol. The van der Waals surface area contributed by atoms with E-state index < -0.39 is 11.6 Å². The van der Waals surface area contributed by atoms with E-state index in [0.29, 0.717) is 5.92 Å². The number of halogens is 2. The lowest BCUT2D eigenvalue weighted by molar-refractivity contribution is 0.153. The molecule has 1 aliphatic heterocycles. The second-order valence-corrected chi connectivity index (χ2v) is 5.96. The van der Waals surface area contributed by atoms with Crippen LogP contribution in [0.2, 0.25) is 0 Å². The van der Waals surface area contributed by atoms with Crippen LogP contribution in [0.25, 0.3) is 0 Å². The molecule has 0 spiro atoms. The molecule has 3 rings (SSSR count). The number of rotatable bonds is 5. The van der Waals surface area contributed by atoms with E-state index in [2.05, 4.69) is 10.2 Å². The molecule has 0 aromatic heterocycles. The maximum absolute atomic E-state index is 14.6. The number of nitrogens with one attached hydrogen (secondary N) is 1. The van der Waals surface area contributed by atoms with Crippen LogP contribution in [0.1, 0.15) is 30.9 Å². The second kappa shape index (κ2) is 6.28. The molecule has 0 bridgehead atoms. The lowest BCUT2D eigenvalue weighted by Crippen LogP contribution is -2.45. The van der Waals surface area contributed by atoms with Gasteiger partial charge >= 0.3 is 0 Å². The van der Waals surface area contributed by atoms with Gasteiger partial charge < -0.3 is 10.1 Å². The van der Waals surface area contributed by atoms with Gasteiger partial charge in [0.05, 0.1) is 7.11 Å². The van der Waals surface area contributed by atoms with Crippen LogP contribution in [0.4, 0.5) is 8.78 Å². The normalized spacial score (nSPS) is 21.3. The lowest BCUT2D eigenvalue weighted by atomic mass is 9.97. The highest BCUT2D eigenvalue weighted by Crippen LogP contribution is 2.42. The quantitative estimate of drug-likeness (QED) is 0.904. The standard InChI is InChI=1S/C16H22F2N2O/c1-21-14-5-4-12(17)15(16(14)18)13(10-11-2-3-11)20-8-6-19-7-9-20/h4-5,11,13,19H,2-3,6-10H2,1H3/t13-/m1/s1. The van der Waals surface area contributed by atoms with Crippen molar-refractivity contribution in [3.63, 3.8) is 0 Å². The van der Waals surface area contributed by atoms with E-state index in [1.807, 2.05) is 0 Å². The summed E-state index contributed by atoms with van der Waals surface area (Å²) in [6, 6.07) is 2.49. The SMILES string of the molecule is COc1ccc(F)c([C@@H](CC2CC2)N2CCNCC2)c1F. The summed E-state index contributed by atoms with van der Waals surface area (Å²) in [5.74, 6) is -0.267. The van der Waals surface area contributed by atoms with E-state index in [-0.39, 0.29) is 17.4 Å². The van der Waals surface area contributed by atoms with E-state index in [1.54, 1.807) is 0 Å². The van der Waals surface area contributed by atoms with Crippen molar-refractivity contribution in [2.45, 2.75) is 25.3 Å². The Kier molecular flexibility index (Phi) is 4.40. The third-order valence-corrected chi connectivity index (χ3v) is 4.49. The number of hydrogen-bond donors (Lipinski definition) is 1. The van der Waals surface area contributed by atoms with Crippen LogP contribution in [-0.2, 0) is 0 Å². The fourth-order valence-corrected chi connectivity index (χ4v) is 3.13. The molecule has 1 saturated heterocycles. The molecule has 3 nitrogen and oxygen atoms in total. The summed E-state index contributed by atoms with van der Waals surface area (Å²) in [5, 5.41) is 3.29. The van der Waals surface area contributed by atoms with Crippen LogP contribution in [-0.4, -0.2) is 38.2 Å². The lowest BCUT2D eigenvalue weighted by Gasteiger charge is -2.35. The number of hydrogen-bond acceptors (Lipinski definition) is 3. The van der Waals surface area contributed by atoms with Gasteiger partial charge in [-0.3, -0.25) is 4.90 Å². The van der Waals surface area contributed by atoms with E-state index >= 15 is 0 Å². The van der Waals surface area contributed by atoms with Gasteiger partial charge in [-0.05, 0) is 24.5 Å². The topological polar surface area (TPSA) is 24.5 Å². The molecule has 2 aliphatic rings. The van der Waals surface area contributed by atoms with Gasteiger partial charge in [-0.25, -0.2) is 8.78 Å². The van der Waals surface area contributed by atoms with E-state index in [0.717, 1.165) is 32.6 Å². The Hall–Kier alpha value is -1.20. The average Bonchev–Trinajstić information content (AvgIpc) is 3.31. The van der Waals surface area contributed by atoms with Gasteiger partial charge in [-0.15, -0.1) is 0 Å². The van der Waals surface area contributed by atoms with Crippen LogP contribution in [0.15, 0.2) is 12.1 Å². The van der Waals surface area contributed by atoms with Gasteiger partial charge in [0.15, 0.2) is 11.6 Å². The van der Waals surface area contributed by atoms with Gasteiger partial charge in [-0.2, -0.15) is 0 Å². The molecule has 0 radical (unpaired) electrons. The summed E-state index contributed by atoms with van der Waals surface area (Å²) in [4.78, 5) is 2.20. The predicted octanol–water partition coefficient (Wildman–Crippen LogP) is 2.72. The molecule has 0 unspecified atom stereocenters. The third kappa shape index (κ3) is 3.19. The monoisotopic (exact) mass is 296 g/mol. The van der Waals surface area contributed by atoms with E-state index in [4.69, 9.17) is 4.74 Å². The first kappa shape index (κ1) is 14.7. The Morgan fingerprint density at radius 3 is 2.62 bits per heavy atom. The Morgan fingerprint density at radius 2 is 2.00 bits per heavy atom. The van der Waals surface area contributed by atoms with Crippen molar-refractivity contribution in [1.29, 1.82) is 0 Å². The second-order valence-electron chi connectivity index (χ2n) is 5.96. The molecule has 1 aromatic carbocycles. The Bertz CT molecular complexity index is 499. The zero-order chi connectivity index (χ0) is 14.8. The van der Waals surface area contributed by atoms with Crippen molar-refractivity contribution < 1.29 is 13.5 Å². The highest BCUT2D eigenvalue weighted by molar-refractivity contribution is 5.34. The molecular formula is C16H22F2N2O. The number of methoxy groups -OCH3 is 1. The number of nitrogens with zero attached hydrogens (tertiary/aromatic N) is 1. The number of benzene rings is 1. The minimum absolute atomic E-state index is 0.127. The number of piperazine rings is 1. The Morgan fingerprint density at radius 1 is 1.29 bits per heavy atom. The summed E-state index contributed by atoms with van der Waals surface area (Å²) >= 11 is 0. The van der Waals surface area contributed by atoms with E-state index in [9.17, 15) is 8.78 Å². The predicted molar refractivity (Wildman–Crippen MR) is 77.4 cm³/mol. The van der Waals surface area contributed by atoms with Gasteiger partial charge in [0.25, 0.3) is 0 Å². The first-order valence-electron chi connectivity index (χ1n) is 7.67. The molecule has 1 heterocycles. The first-order valence-corrected chi connectivity index (χ1v) is 7.67. The Balaban J connectivity index is 1.94. The zero-order valence-corrected chi connectivity index (χ0v) is 12.4. The third-order valence-electron chi connectivity index (χ3n) is 4.49. The minimum atomic E-state index is -0.540. The van der Waals surface area contributed by atoms with Gasteiger partial charge in [0.2, 0.25) is 0 Å². The largest absolute Gasteiger partial charge is 0.494 e. The van der Waals surface area contributed by atoms with Gasteiger partial charge in [-0.1, -0.05) is 12.8 Å². The molecule has 0 amide bonds. The average molecular weight is 296 g/mol. The molecule has 116 valence electrons. The summed E-state index contributed by atoms with van der Waals surface area (Å²) in [7, 11) is 1.42. The van der Waals surface area contributed by atoms with Crippen molar-refractivity contribution in [2.75, 3.05) is 33.3 Å². The smallest absolute Gasteiger partial charge is 0.172 e. The summed E-state index contributed by atoms with van der Waals surface area (Å²) in [5.41, 5.74) is 0.183. The molecule has 21 heavy (non-hydrogen) atoms. The molecule has 1 atom stereocenters. The van der Waals surface area contributed by atoms with E-state index in [1.165, 1.54) is 32.1 Å². The van der Waals surface area contributed by atoms with Crippen LogP contribution in [0.5, 0.6) is 5.75 Å². The molecule has 1 saturated carbocycles. The van der Waals surface area contributed by atoms with Crippen molar-refractivity contribution in [3.8, 4) is 5.75 Å². The highest BCUT2D eigenvalue weighted by atomic mass is 19.1. The molecule has 2 fully saturated rings. The fraction of sp³-hybridized carbons (Fsp3) is 0.625. The van der Waals surface area contributed by atoms with Crippen LogP contribution in [0.3, 0.4) is 0 Å². The summed E-state index contributed by atoms with van der Waals surface area (Å²) in [6.07, 6.45) is 3.19. The van der Waals surface area contributed by atoms with Crippen molar-refractivity contribution in [2.24, 2.45) is 5.92 Å². The van der Waals surface area contributed by atoms with Crippen LogP contribution < -0.4 is 10.1 Å². The maximum atomic E-state index is 14.6. The summed E-state index contributed by atoms with van der Waals surface area (Å²) < 4.78 is 33.9. The Labute approximate surface area is 124 Å². The maximum Gasteiger partial charge on any atom is 0.172 e. The molecule has 5 heteroatoms.